The first-order valence-electron chi connectivity index (χ1n) is 9.39. The van der Waals surface area contributed by atoms with Crippen molar-refractivity contribution in [1.82, 2.24) is 14.8 Å². The number of fused-ring (bicyclic) bond motifs is 1. The summed E-state index contributed by atoms with van der Waals surface area (Å²) >= 11 is 1.61. The number of furan rings is 1. The summed E-state index contributed by atoms with van der Waals surface area (Å²) in [5.74, 6) is 3.70. The van der Waals surface area contributed by atoms with E-state index in [-0.39, 0.29) is 6.10 Å². The van der Waals surface area contributed by atoms with Crippen molar-refractivity contribution in [1.29, 1.82) is 0 Å². The zero-order valence-corrected chi connectivity index (χ0v) is 16.4. The Bertz CT molecular complexity index is 1080. The van der Waals surface area contributed by atoms with Gasteiger partial charge in [-0.25, -0.2) is 0 Å². The SMILES string of the molecule is c1ccc(Cn2c(SC[C@H]3COc4ccccc4O3)nnc2-c2ccco2)cc1. The van der Waals surface area contributed by atoms with Crippen LogP contribution in [-0.4, -0.2) is 33.2 Å². The minimum Gasteiger partial charge on any atom is -0.486 e. The predicted molar refractivity (Wildman–Crippen MR) is 110 cm³/mol. The lowest BCUT2D eigenvalue weighted by atomic mass is 10.2. The number of para-hydroxylation sites is 2. The first-order chi connectivity index (χ1) is 14.4. The number of aromatic nitrogens is 3. The molecule has 0 bridgehead atoms. The van der Waals surface area contributed by atoms with Crippen LogP contribution in [0, 0.1) is 0 Å². The van der Waals surface area contributed by atoms with Gasteiger partial charge in [0.1, 0.15) is 12.7 Å². The van der Waals surface area contributed by atoms with Crippen molar-refractivity contribution in [2.24, 2.45) is 0 Å². The summed E-state index contributed by atoms with van der Waals surface area (Å²) in [6.07, 6.45) is 1.60. The minimum absolute atomic E-state index is 0.0520. The summed E-state index contributed by atoms with van der Waals surface area (Å²) in [5.41, 5.74) is 1.17. The van der Waals surface area contributed by atoms with Gasteiger partial charge >= 0.3 is 0 Å². The summed E-state index contributed by atoms with van der Waals surface area (Å²) in [7, 11) is 0. The van der Waals surface area contributed by atoms with Gasteiger partial charge in [0.15, 0.2) is 22.4 Å². The molecule has 0 fully saturated rings. The maximum absolute atomic E-state index is 6.07. The number of ether oxygens (including phenoxy) is 2. The van der Waals surface area contributed by atoms with Crippen molar-refractivity contribution >= 4 is 11.8 Å². The maximum Gasteiger partial charge on any atom is 0.200 e. The largest absolute Gasteiger partial charge is 0.486 e. The van der Waals surface area contributed by atoms with Crippen LogP contribution in [0.2, 0.25) is 0 Å². The smallest absolute Gasteiger partial charge is 0.200 e. The second-order valence-corrected chi connectivity index (χ2v) is 7.65. The van der Waals surface area contributed by atoms with Crippen LogP contribution < -0.4 is 9.47 Å². The van der Waals surface area contributed by atoms with Crippen LogP contribution in [0.5, 0.6) is 11.5 Å². The van der Waals surface area contributed by atoms with E-state index in [2.05, 4.69) is 26.9 Å². The van der Waals surface area contributed by atoms with Gasteiger partial charge in [0.2, 0.25) is 5.82 Å². The van der Waals surface area contributed by atoms with Crippen LogP contribution in [0.3, 0.4) is 0 Å². The lowest BCUT2D eigenvalue weighted by Crippen LogP contribution is -2.31. The second-order valence-electron chi connectivity index (χ2n) is 6.66. The van der Waals surface area contributed by atoms with Gasteiger partial charge in [-0.1, -0.05) is 54.2 Å². The van der Waals surface area contributed by atoms with Gasteiger partial charge in [-0.3, -0.25) is 4.57 Å². The summed E-state index contributed by atoms with van der Waals surface area (Å²) in [6.45, 7) is 1.18. The third kappa shape index (κ3) is 3.86. The van der Waals surface area contributed by atoms with Crippen molar-refractivity contribution in [2.75, 3.05) is 12.4 Å². The van der Waals surface area contributed by atoms with E-state index in [4.69, 9.17) is 13.9 Å². The molecule has 0 saturated carbocycles. The number of hydrogen-bond donors (Lipinski definition) is 0. The van der Waals surface area contributed by atoms with E-state index in [0.29, 0.717) is 30.5 Å². The highest BCUT2D eigenvalue weighted by Gasteiger charge is 2.23. The fraction of sp³-hybridized carbons (Fsp3) is 0.182. The Hall–Kier alpha value is -3.19. The second kappa shape index (κ2) is 8.05. The van der Waals surface area contributed by atoms with Crippen LogP contribution in [0.25, 0.3) is 11.6 Å². The van der Waals surface area contributed by atoms with Crippen molar-refractivity contribution in [3.05, 3.63) is 78.6 Å². The van der Waals surface area contributed by atoms with Gasteiger partial charge in [-0.15, -0.1) is 10.2 Å². The first kappa shape index (κ1) is 17.9. The van der Waals surface area contributed by atoms with E-state index in [1.807, 2.05) is 54.6 Å². The molecule has 3 heterocycles. The number of rotatable bonds is 6. The molecule has 1 atom stereocenters. The topological polar surface area (TPSA) is 62.3 Å². The van der Waals surface area contributed by atoms with Gasteiger partial charge < -0.3 is 13.9 Å². The summed E-state index contributed by atoms with van der Waals surface area (Å²) in [4.78, 5) is 0. The molecule has 0 saturated heterocycles. The van der Waals surface area contributed by atoms with Gasteiger partial charge in [-0.05, 0) is 29.8 Å². The molecule has 0 N–H and O–H groups in total. The molecule has 0 aliphatic carbocycles. The molecule has 4 aromatic rings. The van der Waals surface area contributed by atoms with E-state index in [1.54, 1.807) is 18.0 Å². The highest BCUT2D eigenvalue weighted by atomic mass is 32.2. The van der Waals surface area contributed by atoms with Crippen molar-refractivity contribution in [2.45, 2.75) is 17.8 Å². The summed E-state index contributed by atoms with van der Waals surface area (Å²) in [5, 5.41) is 9.62. The Morgan fingerprint density at radius 3 is 2.59 bits per heavy atom. The minimum atomic E-state index is -0.0520. The Morgan fingerprint density at radius 2 is 1.76 bits per heavy atom. The molecule has 2 aromatic carbocycles. The molecule has 2 aromatic heterocycles. The molecule has 1 aliphatic rings. The van der Waals surface area contributed by atoms with Crippen molar-refractivity contribution in [3.63, 3.8) is 0 Å². The molecule has 5 rings (SSSR count). The van der Waals surface area contributed by atoms with E-state index in [0.717, 1.165) is 16.7 Å². The number of thioether (sulfide) groups is 1. The Balaban J connectivity index is 1.36. The van der Waals surface area contributed by atoms with Gasteiger partial charge in [0.05, 0.1) is 12.8 Å². The molecular weight excluding hydrogens is 386 g/mol. The van der Waals surface area contributed by atoms with Crippen molar-refractivity contribution in [3.8, 4) is 23.1 Å². The van der Waals surface area contributed by atoms with Crippen LogP contribution in [0.4, 0.5) is 0 Å². The Labute approximate surface area is 172 Å². The predicted octanol–water partition coefficient (Wildman–Crippen LogP) is 4.52. The van der Waals surface area contributed by atoms with E-state index < -0.39 is 0 Å². The molecule has 0 unspecified atom stereocenters. The first-order valence-corrected chi connectivity index (χ1v) is 10.4. The van der Waals surface area contributed by atoms with E-state index >= 15 is 0 Å². The third-order valence-corrected chi connectivity index (χ3v) is 5.71. The average Bonchev–Trinajstić information content (AvgIpc) is 3.43. The molecule has 146 valence electrons. The quantitative estimate of drug-likeness (QED) is 0.440. The third-order valence-electron chi connectivity index (χ3n) is 4.61. The standard InChI is InChI=1S/C22H19N3O3S/c1-2-7-16(8-3-1)13-25-21(20-11-6-12-26-20)23-24-22(25)29-15-17-14-27-18-9-4-5-10-19(18)28-17/h1-12,17H,13-15H2/t17-/m1/s1. The van der Waals surface area contributed by atoms with E-state index in [9.17, 15) is 0 Å². The summed E-state index contributed by atoms with van der Waals surface area (Å²) < 4.78 is 19.5. The molecule has 7 heteroatoms. The van der Waals surface area contributed by atoms with E-state index in [1.165, 1.54) is 5.56 Å². The zero-order chi connectivity index (χ0) is 19.5. The van der Waals surface area contributed by atoms with Gasteiger partial charge in [0, 0.05) is 5.75 Å². The molecule has 6 nitrogen and oxygen atoms in total. The van der Waals surface area contributed by atoms with Crippen LogP contribution in [-0.2, 0) is 6.54 Å². The molecule has 0 spiro atoms. The van der Waals surface area contributed by atoms with Gasteiger partial charge in [-0.2, -0.15) is 0 Å². The average molecular weight is 405 g/mol. The van der Waals surface area contributed by atoms with Crippen LogP contribution in [0.1, 0.15) is 5.56 Å². The normalized spacial score (nSPS) is 15.4. The highest BCUT2D eigenvalue weighted by Crippen LogP contribution is 2.33. The number of nitrogens with zero attached hydrogens (tertiary/aromatic N) is 3. The highest BCUT2D eigenvalue weighted by molar-refractivity contribution is 7.99. The number of benzene rings is 2. The lowest BCUT2D eigenvalue weighted by molar-refractivity contribution is 0.107. The zero-order valence-electron chi connectivity index (χ0n) is 15.6. The van der Waals surface area contributed by atoms with Crippen LogP contribution in [0.15, 0.2) is 82.6 Å². The molecular formula is C22H19N3O3S. The molecule has 29 heavy (non-hydrogen) atoms. The number of hydrogen-bond acceptors (Lipinski definition) is 6. The Kier molecular flexibility index (Phi) is 4.96. The summed E-state index contributed by atoms with van der Waals surface area (Å²) in [6, 6.07) is 21.8. The molecule has 0 radical (unpaired) electrons. The monoisotopic (exact) mass is 405 g/mol. The fourth-order valence-electron chi connectivity index (χ4n) is 3.20. The Morgan fingerprint density at radius 1 is 0.931 bits per heavy atom. The molecule has 0 amide bonds. The lowest BCUT2D eigenvalue weighted by Gasteiger charge is -2.26. The maximum atomic E-state index is 6.07. The van der Waals surface area contributed by atoms with Crippen molar-refractivity contribution < 1.29 is 13.9 Å². The fourth-order valence-corrected chi connectivity index (χ4v) is 4.11. The molecule has 1 aliphatic heterocycles. The van der Waals surface area contributed by atoms with Gasteiger partial charge in [0.25, 0.3) is 0 Å². The van der Waals surface area contributed by atoms with Crippen LogP contribution >= 0.6 is 11.8 Å².